The molecule has 1 aliphatic carbocycles. The summed E-state index contributed by atoms with van der Waals surface area (Å²) in [5.74, 6) is 0.707. The Hall–Kier alpha value is -0.820. The van der Waals surface area contributed by atoms with Gasteiger partial charge in [0.2, 0.25) is 0 Å². The summed E-state index contributed by atoms with van der Waals surface area (Å²) in [4.78, 5) is 0. The molecule has 0 amide bonds. The maximum absolute atomic E-state index is 6.56. The summed E-state index contributed by atoms with van der Waals surface area (Å²) < 4.78 is 0. The Bertz CT molecular complexity index is 336. The second-order valence-electron chi connectivity index (χ2n) is 6.01. The van der Waals surface area contributed by atoms with E-state index < -0.39 is 0 Å². The zero-order chi connectivity index (χ0) is 12.3. The Morgan fingerprint density at radius 1 is 1.06 bits per heavy atom. The van der Waals surface area contributed by atoms with E-state index in [4.69, 9.17) is 5.73 Å². The molecule has 1 saturated carbocycles. The van der Waals surface area contributed by atoms with Crippen molar-refractivity contribution >= 4 is 0 Å². The molecule has 0 saturated heterocycles. The number of hydrogen-bond acceptors (Lipinski definition) is 1. The lowest BCUT2D eigenvalue weighted by atomic mass is 9.69. The molecular weight excluding hydrogens is 206 g/mol. The molecule has 1 aromatic rings. The average Bonchev–Trinajstić information content (AvgIpc) is 2.40. The second kappa shape index (κ2) is 5.22. The van der Waals surface area contributed by atoms with Gasteiger partial charge in [0.1, 0.15) is 0 Å². The SMILES string of the molecule is CC(C)(c1ccccc1)C(N)C1CCCCC1. The van der Waals surface area contributed by atoms with Gasteiger partial charge in [-0.15, -0.1) is 0 Å². The Kier molecular flexibility index (Phi) is 3.88. The molecule has 2 rings (SSSR count). The van der Waals surface area contributed by atoms with Gasteiger partial charge in [-0.25, -0.2) is 0 Å². The Labute approximate surface area is 105 Å². The van der Waals surface area contributed by atoms with Gasteiger partial charge >= 0.3 is 0 Å². The summed E-state index contributed by atoms with van der Waals surface area (Å²) in [7, 11) is 0. The normalized spacial score (nSPS) is 20.2. The van der Waals surface area contributed by atoms with Gasteiger partial charge in [-0.3, -0.25) is 0 Å². The molecule has 0 aromatic heterocycles. The first-order valence-electron chi connectivity index (χ1n) is 6.93. The third kappa shape index (κ3) is 2.71. The summed E-state index contributed by atoms with van der Waals surface area (Å²) in [6.07, 6.45) is 6.76. The predicted molar refractivity (Wildman–Crippen MR) is 74.0 cm³/mol. The first kappa shape index (κ1) is 12.6. The minimum absolute atomic E-state index is 0.0866. The van der Waals surface area contributed by atoms with Crippen molar-refractivity contribution in [3.8, 4) is 0 Å². The molecule has 1 heteroatoms. The van der Waals surface area contributed by atoms with Crippen molar-refractivity contribution in [1.29, 1.82) is 0 Å². The molecule has 1 aliphatic rings. The van der Waals surface area contributed by atoms with E-state index >= 15 is 0 Å². The predicted octanol–water partition coefficient (Wildman–Crippen LogP) is 3.87. The molecule has 0 aliphatic heterocycles. The molecule has 1 fully saturated rings. The lowest BCUT2D eigenvalue weighted by Crippen LogP contribution is -2.46. The Morgan fingerprint density at radius 2 is 1.65 bits per heavy atom. The molecule has 17 heavy (non-hydrogen) atoms. The van der Waals surface area contributed by atoms with Crippen molar-refractivity contribution in [2.45, 2.75) is 57.4 Å². The average molecular weight is 231 g/mol. The van der Waals surface area contributed by atoms with Gasteiger partial charge in [0.05, 0.1) is 0 Å². The molecular formula is C16H25N. The number of nitrogens with two attached hydrogens (primary N) is 1. The van der Waals surface area contributed by atoms with Crippen LogP contribution in [0.15, 0.2) is 30.3 Å². The fraction of sp³-hybridized carbons (Fsp3) is 0.625. The zero-order valence-corrected chi connectivity index (χ0v) is 11.2. The quantitative estimate of drug-likeness (QED) is 0.839. The highest BCUT2D eigenvalue weighted by atomic mass is 14.7. The third-order valence-corrected chi connectivity index (χ3v) is 4.51. The van der Waals surface area contributed by atoms with Gasteiger partial charge in [-0.1, -0.05) is 63.4 Å². The van der Waals surface area contributed by atoms with Crippen molar-refractivity contribution in [1.82, 2.24) is 0 Å². The fourth-order valence-electron chi connectivity index (χ4n) is 3.14. The Morgan fingerprint density at radius 3 is 2.24 bits per heavy atom. The van der Waals surface area contributed by atoms with Crippen LogP contribution in [0.25, 0.3) is 0 Å². The first-order chi connectivity index (χ1) is 8.12. The van der Waals surface area contributed by atoms with Crippen molar-refractivity contribution < 1.29 is 0 Å². The van der Waals surface area contributed by atoms with Crippen LogP contribution < -0.4 is 5.73 Å². The summed E-state index contributed by atoms with van der Waals surface area (Å²) in [6.45, 7) is 4.59. The van der Waals surface area contributed by atoms with Crippen LogP contribution in [0.1, 0.15) is 51.5 Å². The minimum Gasteiger partial charge on any atom is -0.327 e. The molecule has 0 heterocycles. The van der Waals surface area contributed by atoms with E-state index in [1.165, 1.54) is 37.7 Å². The van der Waals surface area contributed by atoms with Crippen molar-refractivity contribution in [2.24, 2.45) is 11.7 Å². The number of rotatable bonds is 3. The molecule has 1 aromatic carbocycles. The second-order valence-corrected chi connectivity index (χ2v) is 6.01. The van der Waals surface area contributed by atoms with Crippen LogP contribution in [-0.2, 0) is 5.41 Å². The van der Waals surface area contributed by atoms with Gasteiger partial charge in [-0.05, 0) is 24.3 Å². The first-order valence-corrected chi connectivity index (χ1v) is 6.93. The van der Waals surface area contributed by atoms with Crippen LogP contribution in [0.3, 0.4) is 0 Å². The van der Waals surface area contributed by atoms with Crippen LogP contribution in [0.2, 0.25) is 0 Å². The van der Waals surface area contributed by atoms with E-state index in [1.807, 2.05) is 0 Å². The molecule has 94 valence electrons. The lowest BCUT2D eigenvalue weighted by molar-refractivity contribution is 0.235. The van der Waals surface area contributed by atoms with E-state index in [0.717, 1.165) is 0 Å². The monoisotopic (exact) mass is 231 g/mol. The van der Waals surface area contributed by atoms with Crippen molar-refractivity contribution in [2.75, 3.05) is 0 Å². The van der Waals surface area contributed by atoms with Gasteiger partial charge in [0, 0.05) is 11.5 Å². The smallest absolute Gasteiger partial charge is 0.0159 e. The molecule has 2 N–H and O–H groups in total. The number of benzene rings is 1. The Balaban J connectivity index is 2.14. The van der Waals surface area contributed by atoms with E-state index in [1.54, 1.807) is 0 Å². The fourth-order valence-corrected chi connectivity index (χ4v) is 3.14. The maximum Gasteiger partial charge on any atom is 0.0159 e. The van der Waals surface area contributed by atoms with Crippen molar-refractivity contribution in [3.63, 3.8) is 0 Å². The standard InChI is InChI=1S/C16H25N/c1-16(2,14-11-7-4-8-12-14)15(17)13-9-5-3-6-10-13/h4,7-8,11-13,15H,3,5-6,9-10,17H2,1-2H3. The summed E-state index contributed by atoms with van der Waals surface area (Å²) in [6, 6.07) is 11.0. The van der Waals surface area contributed by atoms with E-state index in [-0.39, 0.29) is 11.5 Å². The van der Waals surface area contributed by atoms with Crippen LogP contribution in [0.5, 0.6) is 0 Å². The van der Waals surface area contributed by atoms with E-state index in [0.29, 0.717) is 5.92 Å². The maximum atomic E-state index is 6.56. The highest BCUT2D eigenvalue weighted by molar-refractivity contribution is 5.26. The summed E-state index contributed by atoms with van der Waals surface area (Å²) in [5, 5.41) is 0. The topological polar surface area (TPSA) is 26.0 Å². The largest absolute Gasteiger partial charge is 0.327 e. The van der Waals surface area contributed by atoms with Gasteiger partial charge in [-0.2, -0.15) is 0 Å². The molecule has 0 bridgehead atoms. The molecule has 0 radical (unpaired) electrons. The van der Waals surface area contributed by atoms with Crippen LogP contribution in [0, 0.1) is 5.92 Å². The lowest BCUT2D eigenvalue weighted by Gasteiger charge is -2.39. The molecule has 1 nitrogen and oxygen atoms in total. The van der Waals surface area contributed by atoms with Crippen molar-refractivity contribution in [3.05, 3.63) is 35.9 Å². The van der Waals surface area contributed by atoms with Gasteiger partial charge < -0.3 is 5.73 Å². The highest BCUT2D eigenvalue weighted by Crippen LogP contribution is 2.35. The van der Waals surface area contributed by atoms with Crippen LogP contribution >= 0.6 is 0 Å². The summed E-state index contributed by atoms with van der Waals surface area (Å²) in [5.41, 5.74) is 8.02. The molecule has 1 atom stereocenters. The summed E-state index contributed by atoms with van der Waals surface area (Å²) >= 11 is 0. The van der Waals surface area contributed by atoms with Gasteiger partial charge in [0.25, 0.3) is 0 Å². The number of hydrogen-bond donors (Lipinski definition) is 1. The zero-order valence-electron chi connectivity index (χ0n) is 11.2. The van der Waals surface area contributed by atoms with Crippen LogP contribution in [0.4, 0.5) is 0 Å². The molecule has 0 spiro atoms. The third-order valence-electron chi connectivity index (χ3n) is 4.51. The van der Waals surface area contributed by atoms with Gasteiger partial charge in [0.15, 0.2) is 0 Å². The van der Waals surface area contributed by atoms with E-state index in [2.05, 4.69) is 44.2 Å². The van der Waals surface area contributed by atoms with E-state index in [9.17, 15) is 0 Å². The highest BCUT2D eigenvalue weighted by Gasteiger charge is 2.34. The minimum atomic E-state index is 0.0866. The molecule has 1 unspecified atom stereocenters. The van der Waals surface area contributed by atoms with Crippen LogP contribution in [-0.4, -0.2) is 6.04 Å².